The van der Waals surface area contributed by atoms with Crippen molar-refractivity contribution < 1.29 is 9.53 Å². The number of halogens is 2. The third-order valence-electron chi connectivity index (χ3n) is 4.25. The Bertz CT molecular complexity index is 655. The zero-order valence-corrected chi connectivity index (χ0v) is 17.4. The van der Waals surface area contributed by atoms with Gasteiger partial charge in [0, 0.05) is 50.1 Å². The minimum absolute atomic E-state index is 0.208. The Morgan fingerprint density at radius 3 is 2.89 bits per heavy atom. The fourth-order valence-electron chi connectivity index (χ4n) is 2.87. The first-order chi connectivity index (χ1) is 13.0. The van der Waals surface area contributed by atoms with Gasteiger partial charge in [0.05, 0.1) is 11.6 Å². The largest absolute Gasteiger partial charge is 0.492 e. The summed E-state index contributed by atoms with van der Waals surface area (Å²) >= 11 is 12.0. The van der Waals surface area contributed by atoms with Crippen LogP contribution in [0.25, 0.3) is 0 Å². The summed E-state index contributed by atoms with van der Waals surface area (Å²) in [5.74, 6) is 1.61. The summed E-state index contributed by atoms with van der Waals surface area (Å²) in [4.78, 5) is 18.3. The van der Waals surface area contributed by atoms with E-state index in [1.807, 2.05) is 18.7 Å². The molecule has 27 heavy (non-hydrogen) atoms. The van der Waals surface area contributed by atoms with Crippen LogP contribution >= 0.6 is 23.2 Å². The van der Waals surface area contributed by atoms with Crippen molar-refractivity contribution in [2.24, 2.45) is 4.99 Å². The molecule has 1 atom stereocenters. The van der Waals surface area contributed by atoms with Gasteiger partial charge in [-0.15, -0.1) is 0 Å². The molecular formula is C19H28Cl2N4O2. The average Bonchev–Trinajstić information content (AvgIpc) is 3.11. The van der Waals surface area contributed by atoms with Crippen LogP contribution in [0.3, 0.4) is 0 Å². The molecule has 6 nitrogen and oxygen atoms in total. The van der Waals surface area contributed by atoms with E-state index in [0.717, 1.165) is 38.4 Å². The number of carbonyl (C=O) groups is 1. The molecule has 1 fully saturated rings. The van der Waals surface area contributed by atoms with E-state index in [1.54, 1.807) is 18.2 Å². The summed E-state index contributed by atoms with van der Waals surface area (Å²) in [5.41, 5.74) is 0. The second-order valence-electron chi connectivity index (χ2n) is 6.36. The fourth-order valence-corrected chi connectivity index (χ4v) is 3.33. The minimum atomic E-state index is 0.208. The lowest BCUT2D eigenvalue weighted by atomic mass is 10.3. The van der Waals surface area contributed by atoms with Crippen molar-refractivity contribution in [3.63, 3.8) is 0 Å². The first-order valence-electron chi connectivity index (χ1n) is 9.44. The van der Waals surface area contributed by atoms with Crippen LogP contribution in [-0.4, -0.2) is 55.6 Å². The summed E-state index contributed by atoms with van der Waals surface area (Å²) in [6.07, 6.45) is 2.26. The number of hydrogen-bond donors (Lipinski definition) is 2. The van der Waals surface area contributed by atoms with Gasteiger partial charge in [0.15, 0.2) is 5.96 Å². The highest BCUT2D eigenvalue weighted by atomic mass is 35.5. The number of ether oxygens (including phenoxy) is 1. The third kappa shape index (κ3) is 7.11. The zero-order chi connectivity index (χ0) is 19.6. The van der Waals surface area contributed by atoms with Crippen LogP contribution in [0.15, 0.2) is 23.2 Å². The number of rotatable bonds is 8. The monoisotopic (exact) mass is 414 g/mol. The lowest BCUT2D eigenvalue weighted by molar-refractivity contribution is -0.129. The van der Waals surface area contributed by atoms with Crippen LogP contribution in [0.5, 0.6) is 5.75 Å². The van der Waals surface area contributed by atoms with Gasteiger partial charge >= 0.3 is 0 Å². The van der Waals surface area contributed by atoms with Gasteiger partial charge in [-0.3, -0.25) is 9.79 Å². The van der Waals surface area contributed by atoms with Gasteiger partial charge in [-0.2, -0.15) is 0 Å². The van der Waals surface area contributed by atoms with Crippen molar-refractivity contribution in [2.45, 2.75) is 39.2 Å². The SMILES string of the molecule is CCNC(=NCCCOc1ccc(Cl)cc1Cl)NC1CCN(C(=O)CC)C1. The first kappa shape index (κ1) is 21.6. The lowest BCUT2D eigenvalue weighted by Gasteiger charge is -2.18. The van der Waals surface area contributed by atoms with E-state index in [0.29, 0.717) is 35.4 Å². The molecule has 1 aliphatic rings. The molecule has 2 N–H and O–H groups in total. The molecule has 2 rings (SSSR count). The van der Waals surface area contributed by atoms with Gasteiger partial charge in [0.25, 0.3) is 0 Å². The molecule has 1 aromatic rings. The molecule has 1 amide bonds. The molecule has 0 bridgehead atoms. The van der Waals surface area contributed by atoms with Crippen LogP contribution < -0.4 is 15.4 Å². The second-order valence-corrected chi connectivity index (χ2v) is 7.20. The molecule has 8 heteroatoms. The molecular weight excluding hydrogens is 387 g/mol. The van der Waals surface area contributed by atoms with Crippen LogP contribution in [0.1, 0.15) is 33.1 Å². The molecule has 1 aromatic carbocycles. The Balaban J connectivity index is 1.75. The molecule has 150 valence electrons. The third-order valence-corrected chi connectivity index (χ3v) is 4.78. The van der Waals surface area contributed by atoms with Gasteiger partial charge in [-0.05, 0) is 31.5 Å². The maximum absolute atomic E-state index is 11.8. The molecule has 0 saturated carbocycles. The van der Waals surface area contributed by atoms with Crippen LogP contribution in [0, 0.1) is 0 Å². The number of guanidine groups is 1. The van der Waals surface area contributed by atoms with E-state index in [-0.39, 0.29) is 11.9 Å². The van der Waals surface area contributed by atoms with Gasteiger partial charge in [0.2, 0.25) is 5.91 Å². The standard InChI is InChI=1S/C19H28Cl2N4O2/c1-3-18(26)25-10-8-15(13-25)24-19(22-4-2)23-9-5-11-27-17-7-6-14(20)12-16(17)21/h6-7,12,15H,3-5,8-11,13H2,1-2H3,(H2,22,23,24). The highest BCUT2D eigenvalue weighted by Gasteiger charge is 2.25. The smallest absolute Gasteiger partial charge is 0.222 e. The first-order valence-corrected chi connectivity index (χ1v) is 10.2. The van der Waals surface area contributed by atoms with Crippen molar-refractivity contribution in [1.29, 1.82) is 0 Å². The van der Waals surface area contributed by atoms with E-state index in [1.165, 1.54) is 0 Å². The average molecular weight is 415 g/mol. The molecule has 0 spiro atoms. The summed E-state index contributed by atoms with van der Waals surface area (Å²) in [6, 6.07) is 5.42. The summed E-state index contributed by atoms with van der Waals surface area (Å²) in [7, 11) is 0. The Labute approximate surface area is 171 Å². The van der Waals surface area contributed by atoms with Crippen LogP contribution in [0.2, 0.25) is 10.0 Å². The van der Waals surface area contributed by atoms with Crippen molar-refractivity contribution in [3.8, 4) is 5.75 Å². The quantitative estimate of drug-likeness (QED) is 0.388. The molecule has 1 saturated heterocycles. The number of amides is 1. The number of benzene rings is 1. The normalized spacial score (nSPS) is 17.1. The van der Waals surface area contributed by atoms with E-state index in [9.17, 15) is 4.79 Å². The Morgan fingerprint density at radius 2 is 2.19 bits per heavy atom. The van der Waals surface area contributed by atoms with E-state index in [4.69, 9.17) is 27.9 Å². The van der Waals surface area contributed by atoms with Crippen LogP contribution in [0.4, 0.5) is 0 Å². The van der Waals surface area contributed by atoms with Gasteiger partial charge in [-0.25, -0.2) is 0 Å². The van der Waals surface area contributed by atoms with E-state index in [2.05, 4.69) is 15.6 Å². The number of likely N-dealkylation sites (tertiary alicyclic amines) is 1. The molecule has 1 unspecified atom stereocenters. The highest BCUT2D eigenvalue weighted by molar-refractivity contribution is 6.35. The summed E-state index contributed by atoms with van der Waals surface area (Å²) < 4.78 is 5.67. The topological polar surface area (TPSA) is 66.0 Å². The summed E-state index contributed by atoms with van der Waals surface area (Å²) in [5, 5.41) is 7.76. The Hall–Kier alpha value is -1.66. The zero-order valence-electron chi connectivity index (χ0n) is 15.9. The van der Waals surface area contributed by atoms with Crippen LogP contribution in [-0.2, 0) is 4.79 Å². The highest BCUT2D eigenvalue weighted by Crippen LogP contribution is 2.27. The number of carbonyl (C=O) groups excluding carboxylic acids is 1. The Morgan fingerprint density at radius 1 is 1.37 bits per heavy atom. The fraction of sp³-hybridized carbons (Fsp3) is 0.579. The molecule has 0 aromatic heterocycles. The van der Waals surface area contributed by atoms with Crippen molar-refractivity contribution >= 4 is 35.1 Å². The maximum Gasteiger partial charge on any atom is 0.222 e. The molecule has 1 heterocycles. The minimum Gasteiger partial charge on any atom is -0.492 e. The van der Waals surface area contributed by atoms with Crippen molar-refractivity contribution in [1.82, 2.24) is 15.5 Å². The number of nitrogens with zero attached hydrogens (tertiary/aromatic N) is 2. The maximum atomic E-state index is 11.8. The van der Waals surface area contributed by atoms with Gasteiger partial charge in [-0.1, -0.05) is 30.1 Å². The van der Waals surface area contributed by atoms with Gasteiger partial charge < -0.3 is 20.3 Å². The number of nitrogens with one attached hydrogen (secondary N) is 2. The predicted molar refractivity (Wildman–Crippen MR) is 111 cm³/mol. The second kappa shape index (κ2) is 11.2. The predicted octanol–water partition coefficient (Wildman–Crippen LogP) is 3.33. The molecule has 0 aliphatic carbocycles. The van der Waals surface area contributed by atoms with E-state index < -0.39 is 0 Å². The van der Waals surface area contributed by atoms with Crippen molar-refractivity contribution in [2.75, 3.05) is 32.8 Å². The van der Waals surface area contributed by atoms with E-state index >= 15 is 0 Å². The Kier molecular flexibility index (Phi) is 9.01. The summed E-state index contributed by atoms with van der Waals surface area (Å²) in [6.45, 7) is 7.40. The lowest BCUT2D eigenvalue weighted by Crippen LogP contribution is -2.45. The number of aliphatic imine (C=N–C) groups is 1. The van der Waals surface area contributed by atoms with Crippen molar-refractivity contribution in [3.05, 3.63) is 28.2 Å². The number of hydrogen-bond acceptors (Lipinski definition) is 3. The van der Waals surface area contributed by atoms with Gasteiger partial charge in [0.1, 0.15) is 5.75 Å². The molecule has 1 aliphatic heterocycles. The molecule has 0 radical (unpaired) electrons.